The van der Waals surface area contributed by atoms with Gasteiger partial charge in [-0.25, -0.2) is 4.98 Å². The van der Waals surface area contributed by atoms with Crippen molar-refractivity contribution >= 4 is 10.9 Å². The first-order valence-corrected chi connectivity index (χ1v) is 9.52. The Labute approximate surface area is 167 Å². The standard InChI is InChI=1S/C21H23N3O5/c1-24(10-20-22-17-5-3-2-4-16(17)21(26)23-20)9-15(25)12-27-11-14-6-7-18-19(8-14)29-13-28-18/h2-8,15,25H,9-13H2,1H3,(H,22,23,26)/p+1/t15-/m1/s1. The fraction of sp³-hybridized carbons (Fsp3) is 0.333. The van der Waals surface area contributed by atoms with Crippen LogP contribution in [0.15, 0.2) is 47.3 Å². The van der Waals surface area contributed by atoms with E-state index in [1.807, 2.05) is 43.4 Å². The van der Waals surface area contributed by atoms with Crippen LogP contribution in [0.5, 0.6) is 11.5 Å². The predicted octanol–water partition coefficient (Wildman–Crippen LogP) is 0.244. The molecule has 1 aliphatic heterocycles. The molecule has 2 aromatic carbocycles. The molecule has 0 aliphatic carbocycles. The van der Waals surface area contributed by atoms with Crippen LogP contribution < -0.4 is 19.9 Å². The fourth-order valence-corrected chi connectivity index (χ4v) is 3.38. The molecule has 0 fully saturated rings. The monoisotopic (exact) mass is 398 g/mol. The van der Waals surface area contributed by atoms with Gasteiger partial charge in [0.1, 0.15) is 19.2 Å². The van der Waals surface area contributed by atoms with Gasteiger partial charge >= 0.3 is 0 Å². The summed E-state index contributed by atoms with van der Waals surface area (Å²) in [5.74, 6) is 2.05. The van der Waals surface area contributed by atoms with Gasteiger partial charge in [-0.1, -0.05) is 18.2 Å². The van der Waals surface area contributed by atoms with Gasteiger partial charge in [-0.15, -0.1) is 0 Å². The molecule has 0 amide bonds. The third kappa shape index (κ3) is 4.73. The lowest BCUT2D eigenvalue weighted by molar-refractivity contribution is -0.897. The van der Waals surface area contributed by atoms with E-state index in [1.165, 1.54) is 0 Å². The normalized spacial score (nSPS) is 14.8. The Kier molecular flexibility index (Phi) is 5.75. The first-order valence-electron chi connectivity index (χ1n) is 9.52. The highest BCUT2D eigenvalue weighted by atomic mass is 16.7. The zero-order chi connectivity index (χ0) is 20.2. The number of aliphatic hydroxyl groups excluding tert-OH is 1. The van der Waals surface area contributed by atoms with Crippen LogP contribution in [0.2, 0.25) is 0 Å². The van der Waals surface area contributed by atoms with Crippen molar-refractivity contribution in [3.63, 3.8) is 0 Å². The molecule has 8 nitrogen and oxygen atoms in total. The highest BCUT2D eigenvalue weighted by Crippen LogP contribution is 2.32. The van der Waals surface area contributed by atoms with Crippen molar-refractivity contribution < 1.29 is 24.2 Å². The average molecular weight is 398 g/mol. The number of likely N-dealkylation sites (N-methyl/N-ethyl adjacent to an activating group) is 1. The van der Waals surface area contributed by atoms with Gasteiger partial charge in [0.05, 0.1) is 31.2 Å². The lowest BCUT2D eigenvalue weighted by atomic mass is 10.2. The molecule has 2 heterocycles. The molecule has 3 aromatic rings. The van der Waals surface area contributed by atoms with Gasteiger partial charge in [0, 0.05) is 0 Å². The molecule has 0 saturated carbocycles. The molecule has 0 radical (unpaired) electrons. The summed E-state index contributed by atoms with van der Waals surface area (Å²) < 4.78 is 16.3. The van der Waals surface area contributed by atoms with Crippen molar-refractivity contribution in [3.05, 3.63) is 64.2 Å². The van der Waals surface area contributed by atoms with Crippen LogP contribution in [0.25, 0.3) is 10.9 Å². The highest BCUT2D eigenvalue weighted by Gasteiger charge is 2.16. The Hall–Kier alpha value is -2.94. The van der Waals surface area contributed by atoms with Crippen LogP contribution in [0, 0.1) is 0 Å². The van der Waals surface area contributed by atoms with E-state index in [1.54, 1.807) is 6.07 Å². The second kappa shape index (κ2) is 8.60. The number of quaternary nitrogens is 1. The van der Waals surface area contributed by atoms with Gasteiger partial charge in [-0.05, 0) is 29.8 Å². The van der Waals surface area contributed by atoms with E-state index in [2.05, 4.69) is 9.97 Å². The van der Waals surface area contributed by atoms with Crippen LogP contribution in [-0.4, -0.2) is 48.2 Å². The van der Waals surface area contributed by atoms with E-state index in [-0.39, 0.29) is 19.0 Å². The van der Waals surface area contributed by atoms with Crippen molar-refractivity contribution in [2.75, 3.05) is 27.0 Å². The number of aromatic nitrogens is 2. The van der Waals surface area contributed by atoms with Gasteiger partial charge in [0.2, 0.25) is 6.79 Å². The number of H-pyrrole nitrogens is 1. The summed E-state index contributed by atoms with van der Waals surface area (Å²) in [6.45, 7) is 1.81. The summed E-state index contributed by atoms with van der Waals surface area (Å²) in [5, 5.41) is 10.8. The van der Waals surface area contributed by atoms with Gasteiger partial charge in [-0.3, -0.25) is 4.79 Å². The molecule has 3 N–H and O–H groups in total. The second-order valence-corrected chi connectivity index (χ2v) is 7.22. The minimum atomic E-state index is -0.629. The maximum absolute atomic E-state index is 12.2. The fourth-order valence-electron chi connectivity index (χ4n) is 3.38. The van der Waals surface area contributed by atoms with Crippen molar-refractivity contribution in [3.8, 4) is 11.5 Å². The van der Waals surface area contributed by atoms with E-state index < -0.39 is 6.10 Å². The van der Waals surface area contributed by atoms with Crippen molar-refractivity contribution in [2.45, 2.75) is 19.3 Å². The number of nitrogens with one attached hydrogen (secondary N) is 2. The van der Waals surface area contributed by atoms with Crippen molar-refractivity contribution in [1.29, 1.82) is 0 Å². The van der Waals surface area contributed by atoms with Gasteiger partial charge < -0.3 is 29.2 Å². The van der Waals surface area contributed by atoms with E-state index in [9.17, 15) is 9.90 Å². The maximum atomic E-state index is 12.2. The average Bonchev–Trinajstić information content (AvgIpc) is 3.16. The zero-order valence-corrected chi connectivity index (χ0v) is 16.2. The lowest BCUT2D eigenvalue weighted by Gasteiger charge is -2.18. The molecule has 0 spiro atoms. The Morgan fingerprint density at radius 3 is 2.97 bits per heavy atom. The van der Waals surface area contributed by atoms with E-state index in [0.29, 0.717) is 42.2 Å². The predicted molar refractivity (Wildman–Crippen MR) is 106 cm³/mol. The third-order valence-electron chi connectivity index (χ3n) is 4.73. The summed E-state index contributed by atoms with van der Waals surface area (Å²) in [7, 11) is 1.94. The van der Waals surface area contributed by atoms with E-state index in [4.69, 9.17) is 14.2 Å². The minimum Gasteiger partial charge on any atom is -0.454 e. The van der Waals surface area contributed by atoms with E-state index in [0.717, 1.165) is 16.2 Å². The molecule has 8 heteroatoms. The summed E-state index contributed by atoms with van der Waals surface area (Å²) in [6, 6.07) is 12.9. The number of aliphatic hydroxyl groups is 1. The number of fused-ring (bicyclic) bond motifs is 2. The topological polar surface area (TPSA) is 98.1 Å². The van der Waals surface area contributed by atoms with E-state index >= 15 is 0 Å². The Morgan fingerprint density at radius 2 is 2.07 bits per heavy atom. The molecule has 0 saturated heterocycles. The van der Waals surface area contributed by atoms with Crippen LogP contribution in [0.3, 0.4) is 0 Å². The molecular formula is C21H24N3O5+. The summed E-state index contributed by atoms with van der Waals surface area (Å²) >= 11 is 0. The molecule has 29 heavy (non-hydrogen) atoms. The molecule has 152 valence electrons. The number of para-hydroxylation sites is 1. The number of nitrogens with zero attached hydrogens (tertiary/aromatic N) is 1. The van der Waals surface area contributed by atoms with Crippen LogP contribution in [0.4, 0.5) is 0 Å². The van der Waals surface area contributed by atoms with Crippen molar-refractivity contribution in [2.24, 2.45) is 0 Å². The smallest absolute Gasteiger partial charge is 0.258 e. The van der Waals surface area contributed by atoms with Crippen LogP contribution in [-0.2, 0) is 17.9 Å². The Balaban J connectivity index is 1.26. The minimum absolute atomic E-state index is 0.147. The Morgan fingerprint density at radius 1 is 1.24 bits per heavy atom. The number of rotatable bonds is 8. The first-order chi connectivity index (χ1) is 14.1. The number of hydrogen-bond acceptors (Lipinski definition) is 6. The molecule has 2 atom stereocenters. The van der Waals surface area contributed by atoms with Gasteiger partial charge in [0.15, 0.2) is 17.3 Å². The molecule has 1 aliphatic rings. The second-order valence-electron chi connectivity index (χ2n) is 7.22. The highest BCUT2D eigenvalue weighted by molar-refractivity contribution is 5.77. The van der Waals surface area contributed by atoms with Gasteiger partial charge in [0.25, 0.3) is 5.56 Å². The number of hydrogen-bond donors (Lipinski definition) is 3. The summed E-state index contributed by atoms with van der Waals surface area (Å²) in [6.07, 6.45) is -0.629. The summed E-state index contributed by atoms with van der Waals surface area (Å²) in [5.41, 5.74) is 1.48. The van der Waals surface area contributed by atoms with Crippen molar-refractivity contribution in [1.82, 2.24) is 9.97 Å². The maximum Gasteiger partial charge on any atom is 0.258 e. The Bertz CT molecular complexity index is 1050. The largest absolute Gasteiger partial charge is 0.454 e. The molecule has 4 rings (SSSR count). The number of ether oxygens (including phenoxy) is 3. The van der Waals surface area contributed by atoms with Crippen LogP contribution in [0.1, 0.15) is 11.4 Å². The quantitative estimate of drug-likeness (QED) is 0.503. The first kappa shape index (κ1) is 19.4. The van der Waals surface area contributed by atoms with Gasteiger partial charge in [-0.2, -0.15) is 0 Å². The van der Waals surface area contributed by atoms with Crippen LogP contribution >= 0.6 is 0 Å². The molecule has 0 bridgehead atoms. The number of aromatic amines is 1. The lowest BCUT2D eigenvalue weighted by Crippen LogP contribution is -3.09. The molecule has 1 unspecified atom stereocenters. The molecule has 1 aromatic heterocycles. The number of benzene rings is 2. The molecular weight excluding hydrogens is 374 g/mol. The summed E-state index contributed by atoms with van der Waals surface area (Å²) in [4.78, 5) is 20.5. The third-order valence-corrected chi connectivity index (χ3v) is 4.73. The SMILES string of the molecule is C[NH+](Cc1nc2ccccc2c(=O)[nH]1)C[C@@H](O)COCc1ccc2c(c1)OCO2. The zero-order valence-electron chi connectivity index (χ0n) is 16.2.